The Morgan fingerprint density at radius 3 is 2.41 bits per heavy atom. The molecule has 2 aliphatic rings. The van der Waals surface area contributed by atoms with Crippen molar-refractivity contribution in [3.63, 3.8) is 0 Å². The normalized spacial score (nSPS) is 16.2. The highest BCUT2D eigenvalue weighted by atomic mass is 19.4. The van der Waals surface area contributed by atoms with Gasteiger partial charge in [0.05, 0.1) is 24.1 Å². The monoisotopic (exact) mass is 546 g/mol. The van der Waals surface area contributed by atoms with Crippen LogP contribution < -0.4 is 20.3 Å². The molecule has 9 nitrogen and oxygen atoms in total. The summed E-state index contributed by atoms with van der Waals surface area (Å²) in [5.41, 5.74) is 0.966. The lowest BCUT2D eigenvalue weighted by Gasteiger charge is -2.32. The third-order valence-electron chi connectivity index (χ3n) is 6.38. The van der Waals surface area contributed by atoms with Gasteiger partial charge in [0, 0.05) is 19.0 Å². The molecule has 2 aromatic carbocycles. The van der Waals surface area contributed by atoms with Gasteiger partial charge in [0.1, 0.15) is 12.1 Å². The van der Waals surface area contributed by atoms with Crippen molar-refractivity contribution in [2.24, 2.45) is 5.92 Å². The molecular weight excluding hydrogens is 520 g/mol. The summed E-state index contributed by atoms with van der Waals surface area (Å²) in [6, 6.07) is 10.3. The van der Waals surface area contributed by atoms with Crippen molar-refractivity contribution < 1.29 is 31.8 Å². The van der Waals surface area contributed by atoms with E-state index in [0.717, 1.165) is 18.4 Å². The van der Waals surface area contributed by atoms with E-state index >= 15 is 0 Å². The Kier molecular flexibility index (Phi) is 7.77. The number of nitrogens with one attached hydrogen (secondary N) is 2. The molecule has 206 valence electrons. The standard InChI is InChI=1S/C26H26F4N6O3/c27-22-20(33-23(37)17-6-7-17)2-1-3-21(22)34-24-31-15-32-25(35-24)36-12-10-18(11-13-36)38-14-16-4-8-19(9-5-16)39-26(28,29)30/h1-5,8-9,15,17-18H,6-7,10-14H2,(H,33,37)(H,31,32,34,35). The fourth-order valence-corrected chi connectivity index (χ4v) is 4.15. The highest BCUT2D eigenvalue weighted by Gasteiger charge is 2.31. The van der Waals surface area contributed by atoms with Crippen molar-refractivity contribution >= 4 is 29.2 Å². The van der Waals surface area contributed by atoms with Gasteiger partial charge in [-0.25, -0.2) is 14.4 Å². The lowest BCUT2D eigenvalue weighted by molar-refractivity contribution is -0.274. The molecule has 1 saturated heterocycles. The summed E-state index contributed by atoms with van der Waals surface area (Å²) < 4.78 is 61.7. The first-order valence-electron chi connectivity index (χ1n) is 12.5. The lowest BCUT2D eigenvalue weighted by Crippen LogP contribution is -2.38. The van der Waals surface area contributed by atoms with Crippen LogP contribution in [0.4, 0.5) is 40.8 Å². The number of benzene rings is 2. The van der Waals surface area contributed by atoms with Crippen molar-refractivity contribution in [3.05, 3.63) is 60.2 Å². The van der Waals surface area contributed by atoms with Crippen LogP contribution in [0.5, 0.6) is 5.75 Å². The van der Waals surface area contributed by atoms with E-state index in [2.05, 4.69) is 30.3 Å². The zero-order chi connectivity index (χ0) is 27.4. The fourth-order valence-electron chi connectivity index (χ4n) is 4.15. The highest BCUT2D eigenvalue weighted by molar-refractivity contribution is 5.94. The summed E-state index contributed by atoms with van der Waals surface area (Å²) in [6.07, 6.45) is -0.384. The van der Waals surface area contributed by atoms with E-state index in [0.29, 0.717) is 31.9 Å². The Morgan fingerprint density at radius 1 is 1.00 bits per heavy atom. The number of nitrogens with zero attached hydrogens (tertiary/aromatic N) is 4. The van der Waals surface area contributed by atoms with Crippen LogP contribution in [-0.4, -0.2) is 46.4 Å². The smallest absolute Gasteiger partial charge is 0.406 e. The first kappa shape index (κ1) is 26.6. The van der Waals surface area contributed by atoms with Crippen LogP contribution in [0.25, 0.3) is 0 Å². The van der Waals surface area contributed by atoms with E-state index in [-0.39, 0.29) is 47.6 Å². The Labute approximate surface area is 221 Å². The first-order valence-corrected chi connectivity index (χ1v) is 12.5. The average Bonchev–Trinajstić information content (AvgIpc) is 3.76. The molecule has 0 spiro atoms. The molecule has 1 saturated carbocycles. The maximum Gasteiger partial charge on any atom is 0.573 e. The highest BCUT2D eigenvalue weighted by Crippen LogP contribution is 2.32. The second-order valence-corrected chi connectivity index (χ2v) is 9.35. The Morgan fingerprint density at radius 2 is 1.72 bits per heavy atom. The number of anilines is 4. The SMILES string of the molecule is O=C(Nc1cccc(Nc2ncnc(N3CCC(OCc4ccc(OC(F)(F)F)cc4)CC3)n2)c1F)C1CC1. The predicted octanol–water partition coefficient (Wildman–Crippen LogP) is 5.19. The van der Waals surface area contributed by atoms with Gasteiger partial charge in [0.25, 0.3) is 0 Å². The fraction of sp³-hybridized carbons (Fsp3) is 0.385. The number of rotatable bonds is 9. The minimum atomic E-state index is -4.73. The van der Waals surface area contributed by atoms with E-state index in [1.807, 2.05) is 4.90 Å². The molecule has 0 bridgehead atoms. The molecule has 0 radical (unpaired) electrons. The zero-order valence-electron chi connectivity index (χ0n) is 20.7. The summed E-state index contributed by atoms with van der Waals surface area (Å²) in [7, 11) is 0. The largest absolute Gasteiger partial charge is 0.573 e. The van der Waals surface area contributed by atoms with E-state index in [4.69, 9.17) is 4.74 Å². The van der Waals surface area contributed by atoms with Gasteiger partial charge in [-0.05, 0) is 55.5 Å². The predicted molar refractivity (Wildman–Crippen MR) is 134 cm³/mol. The molecule has 2 fully saturated rings. The van der Waals surface area contributed by atoms with Gasteiger partial charge in [0.15, 0.2) is 5.82 Å². The molecule has 1 aliphatic carbocycles. The number of halogens is 4. The number of alkyl halides is 3. The van der Waals surface area contributed by atoms with Crippen molar-refractivity contribution in [1.29, 1.82) is 0 Å². The van der Waals surface area contributed by atoms with Gasteiger partial charge in [-0.15, -0.1) is 13.2 Å². The molecule has 13 heteroatoms. The van der Waals surface area contributed by atoms with Gasteiger partial charge < -0.3 is 25.0 Å². The second kappa shape index (κ2) is 11.4. The molecule has 2 N–H and O–H groups in total. The quantitative estimate of drug-likeness (QED) is 0.354. The van der Waals surface area contributed by atoms with Crippen molar-refractivity contribution in [1.82, 2.24) is 15.0 Å². The zero-order valence-corrected chi connectivity index (χ0v) is 20.7. The molecule has 1 amide bonds. The van der Waals surface area contributed by atoms with Crippen molar-refractivity contribution in [3.8, 4) is 5.75 Å². The molecule has 5 rings (SSSR count). The second-order valence-electron chi connectivity index (χ2n) is 9.35. The van der Waals surface area contributed by atoms with Crippen LogP contribution in [0.1, 0.15) is 31.2 Å². The number of ether oxygens (including phenoxy) is 2. The number of hydrogen-bond acceptors (Lipinski definition) is 8. The first-order chi connectivity index (χ1) is 18.7. The summed E-state index contributed by atoms with van der Waals surface area (Å²) in [4.78, 5) is 26.7. The maximum atomic E-state index is 15.0. The van der Waals surface area contributed by atoms with Crippen molar-refractivity contribution in [2.75, 3.05) is 28.6 Å². The molecule has 39 heavy (non-hydrogen) atoms. The average molecular weight is 547 g/mol. The molecule has 0 unspecified atom stereocenters. The summed E-state index contributed by atoms with van der Waals surface area (Å²) in [6.45, 7) is 1.50. The summed E-state index contributed by atoms with van der Waals surface area (Å²) in [5.74, 6) is -0.509. The Hall–Kier alpha value is -4.00. The van der Waals surface area contributed by atoms with Gasteiger partial charge in [0.2, 0.25) is 17.8 Å². The van der Waals surface area contributed by atoms with E-state index < -0.39 is 12.2 Å². The van der Waals surface area contributed by atoms with E-state index in [1.165, 1.54) is 42.7 Å². The van der Waals surface area contributed by atoms with E-state index in [1.54, 1.807) is 6.07 Å². The van der Waals surface area contributed by atoms with Crippen LogP contribution in [0, 0.1) is 11.7 Å². The Balaban J connectivity index is 1.12. The molecule has 1 aliphatic heterocycles. The third kappa shape index (κ3) is 7.31. The van der Waals surface area contributed by atoms with Gasteiger partial charge >= 0.3 is 6.36 Å². The molecular formula is C26H26F4N6O3. The van der Waals surface area contributed by atoms with E-state index in [9.17, 15) is 22.4 Å². The number of hydrogen-bond donors (Lipinski definition) is 2. The minimum Gasteiger partial charge on any atom is -0.406 e. The third-order valence-corrected chi connectivity index (χ3v) is 6.38. The number of carbonyl (C=O) groups is 1. The molecule has 2 heterocycles. The van der Waals surface area contributed by atoms with Gasteiger partial charge in [-0.1, -0.05) is 18.2 Å². The van der Waals surface area contributed by atoms with Gasteiger partial charge in [-0.2, -0.15) is 4.98 Å². The maximum absolute atomic E-state index is 15.0. The Bertz CT molecular complexity index is 1300. The number of amides is 1. The number of piperidine rings is 1. The molecule has 1 aromatic heterocycles. The summed E-state index contributed by atoms with van der Waals surface area (Å²) >= 11 is 0. The lowest BCUT2D eigenvalue weighted by atomic mass is 10.1. The van der Waals surface area contributed by atoms with Crippen LogP contribution in [0.2, 0.25) is 0 Å². The van der Waals surface area contributed by atoms with Crippen LogP contribution >= 0.6 is 0 Å². The molecule has 0 atom stereocenters. The van der Waals surface area contributed by atoms with Crippen LogP contribution in [0.3, 0.4) is 0 Å². The number of aromatic nitrogens is 3. The topological polar surface area (TPSA) is 102 Å². The van der Waals surface area contributed by atoms with Gasteiger partial charge in [-0.3, -0.25) is 4.79 Å². The number of carbonyl (C=O) groups excluding carboxylic acids is 1. The summed E-state index contributed by atoms with van der Waals surface area (Å²) in [5, 5.41) is 5.49. The van der Waals surface area contributed by atoms with Crippen molar-refractivity contribution in [2.45, 2.75) is 44.8 Å². The minimum absolute atomic E-state index is 0.0329. The van der Waals surface area contributed by atoms with Crippen LogP contribution in [-0.2, 0) is 16.1 Å². The van der Waals surface area contributed by atoms with Crippen LogP contribution in [0.15, 0.2) is 48.8 Å². The molecule has 3 aromatic rings.